The fourth-order valence-corrected chi connectivity index (χ4v) is 4.05. The Morgan fingerprint density at radius 1 is 0.969 bits per heavy atom. The third kappa shape index (κ3) is 4.49. The number of anilines is 1. The highest BCUT2D eigenvalue weighted by atomic mass is 35.5. The Morgan fingerprint density at radius 3 is 2.44 bits per heavy atom. The topological polar surface area (TPSA) is 71.3 Å². The average Bonchev–Trinajstić information content (AvgIpc) is 3.03. The molecule has 0 aliphatic carbocycles. The van der Waals surface area contributed by atoms with Crippen molar-refractivity contribution in [3.8, 4) is 5.75 Å². The average molecular weight is 467 g/mol. The Balaban J connectivity index is 1.67. The first-order valence-electron chi connectivity index (χ1n) is 9.96. The third-order valence-corrected chi connectivity index (χ3v) is 5.81. The van der Waals surface area contributed by atoms with Gasteiger partial charge in [-0.15, -0.1) is 0 Å². The molecule has 162 valence electrons. The molecule has 1 heterocycles. The fourth-order valence-electron chi connectivity index (χ4n) is 3.73. The normalized spacial score (nSPS) is 11.0. The van der Waals surface area contributed by atoms with Gasteiger partial charge in [0.15, 0.2) is 0 Å². The van der Waals surface area contributed by atoms with Gasteiger partial charge in [-0.3, -0.25) is 9.59 Å². The lowest BCUT2D eigenvalue weighted by atomic mass is 10.0. The number of ketones is 2. The van der Waals surface area contributed by atoms with Gasteiger partial charge in [-0.25, -0.2) is 0 Å². The van der Waals surface area contributed by atoms with Gasteiger partial charge < -0.3 is 15.0 Å². The van der Waals surface area contributed by atoms with Crippen LogP contribution < -0.4 is 5.32 Å². The van der Waals surface area contributed by atoms with E-state index in [1.165, 1.54) is 6.07 Å². The Morgan fingerprint density at radius 2 is 1.72 bits per heavy atom. The van der Waals surface area contributed by atoms with Crippen molar-refractivity contribution < 1.29 is 14.7 Å². The second-order valence-corrected chi connectivity index (χ2v) is 8.36. The molecule has 32 heavy (non-hydrogen) atoms. The number of Topliss-reactive ketones (excluding diaryl/α,β-unsaturated/α-hetero) is 2. The number of rotatable bonds is 7. The molecule has 1 aromatic heterocycles. The first-order chi connectivity index (χ1) is 15.3. The van der Waals surface area contributed by atoms with Gasteiger partial charge in [0.2, 0.25) is 11.6 Å². The van der Waals surface area contributed by atoms with Crippen molar-refractivity contribution in [2.45, 2.75) is 13.5 Å². The number of aromatic nitrogens is 1. The second-order valence-electron chi connectivity index (χ2n) is 7.49. The highest BCUT2D eigenvalue weighted by molar-refractivity contribution is 6.47. The number of nitrogens with zero attached hydrogens (tertiary/aromatic N) is 1. The standard InChI is InChI=1S/C25H20Cl2N2O3/c1-15-24(25(32)23(31)13-28-19-4-2-3-18(27)11-19)21-12-20(30)9-10-22(21)29(15)14-16-5-7-17(26)8-6-16/h2-12,28,30H,13-14H2,1H3. The van der Waals surface area contributed by atoms with E-state index >= 15 is 0 Å². The van der Waals surface area contributed by atoms with E-state index in [1.807, 2.05) is 16.7 Å². The summed E-state index contributed by atoms with van der Waals surface area (Å²) in [5, 5.41) is 14.7. The van der Waals surface area contributed by atoms with Gasteiger partial charge in [0.25, 0.3) is 0 Å². The van der Waals surface area contributed by atoms with Crippen molar-refractivity contribution >= 4 is 51.4 Å². The van der Waals surface area contributed by atoms with Crippen molar-refractivity contribution in [2.24, 2.45) is 0 Å². The van der Waals surface area contributed by atoms with Gasteiger partial charge in [-0.05, 0) is 61.0 Å². The summed E-state index contributed by atoms with van der Waals surface area (Å²) >= 11 is 12.0. The van der Waals surface area contributed by atoms with Crippen LogP contribution in [0.1, 0.15) is 21.6 Å². The third-order valence-electron chi connectivity index (χ3n) is 5.32. The van der Waals surface area contributed by atoms with E-state index in [1.54, 1.807) is 55.5 Å². The number of hydrogen-bond acceptors (Lipinski definition) is 4. The molecule has 4 aromatic rings. The number of carbonyl (C=O) groups excluding carboxylic acids is 2. The van der Waals surface area contributed by atoms with Crippen molar-refractivity contribution in [3.63, 3.8) is 0 Å². The lowest BCUT2D eigenvalue weighted by Crippen LogP contribution is -2.23. The second kappa shape index (κ2) is 9.07. The number of phenolic OH excluding ortho intramolecular Hbond substituents is 1. The molecule has 0 unspecified atom stereocenters. The Bertz CT molecular complexity index is 1330. The van der Waals surface area contributed by atoms with E-state index in [2.05, 4.69) is 5.32 Å². The molecule has 0 fully saturated rings. The maximum atomic E-state index is 13.2. The van der Waals surface area contributed by atoms with Crippen LogP contribution in [0.2, 0.25) is 10.0 Å². The van der Waals surface area contributed by atoms with Crippen LogP contribution in [0.4, 0.5) is 5.69 Å². The van der Waals surface area contributed by atoms with Crippen LogP contribution >= 0.6 is 23.2 Å². The van der Waals surface area contributed by atoms with E-state index < -0.39 is 11.6 Å². The Kier molecular flexibility index (Phi) is 6.21. The highest BCUT2D eigenvalue weighted by Crippen LogP contribution is 2.30. The van der Waals surface area contributed by atoms with Crippen LogP contribution in [0.25, 0.3) is 10.9 Å². The zero-order valence-electron chi connectivity index (χ0n) is 17.2. The molecule has 0 bridgehead atoms. The van der Waals surface area contributed by atoms with Crippen LogP contribution in [0.3, 0.4) is 0 Å². The van der Waals surface area contributed by atoms with E-state index in [0.29, 0.717) is 38.9 Å². The number of hydrogen-bond donors (Lipinski definition) is 2. The highest BCUT2D eigenvalue weighted by Gasteiger charge is 2.25. The Hall–Kier alpha value is -3.28. The molecule has 0 radical (unpaired) electrons. The minimum absolute atomic E-state index is 0.0275. The summed E-state index contributed by atoms with van der Waals surface area (Å²) in [5.41, 5.74) is 3.35. The van der Waals surface area contributed by atoms with E-state index in [9.17, 15) is 14.7 Å². The van der Waals surface area contributed by atoms with Gasteiger partial charge >= 0.3 is 0 Å². The summed E-state index contributed by atoms with van der Waals surface area (Å²) in [6.45, 7) is 2.13. The lowest BCUT2D eigenvalue weighted by Gasteiger charge is -2.09. The van der Waals surface area contributed by atoms with Gasteiger partial charge in [0.05, 0.1) is 12.1 Å². The molecule has 0 spiro atoms. The molecule has 2 N–H and O–H groups in total. The predicted octanol–water partition coefficient (Wildman–Crippen LogP) is 5.87. The zero-order chi connectivity index (χ0) is 22.8. The van der Waals surface area contributed by atoms with Crippen LogP contribution in [-0.4, -0.2) is 27.8 Å². The molecular weight excluding hydrogens is 447 g/mol. The number of fused-ring (bicyclic) bond motifs is 1. The number of phenols is 1. The molecule has 5 nitrogen and oxygen atoms in total. The summed E-state index contributed by atoms with van der Waals surface area (Å²) in [7, 11) is 0. The number of aromatic hydroxyl groups is 1. The Labute approximate surface area is 195 Å². The lowest BCUT2D eigenvalue weighted by molar-refractivity contribution is -0.113. The summed E-state index contributed by atoms with van der Waals surface area (Å²) in [6, 6.07) is 19.2. The molecular formula is C25H20Cl2N2O3. The van der Waals surface area contributed by atoms with Crippen LogP contribution in [0.5, 0.6) is 5.75 Å². The molecule has 0 aliphatic heterocycles. The van der Waals surface area contributed by atoms with E-state index in [4.69, 9.17) is 23.2 Å². The van der Waals surface area contributed by atoms with Crippen molar-refractivity contribution in [1.29, 1.82) is 0 Å². The first-order valence-corrected chi connectivity index (χ1v) is 10.7. The monoisotopic (exact) mass is 466 g/mol. The first kappa shape index (κ1) is 21.9. The molecule has 0 saturated heterocycles. The summed E-state index contributed by atoms with van der Waals surface area (Å²) in [4.78, 5) is 25.9. The maximum absolute atomic E-state index is 13.2. The molecule has 0 saturated carbocycles. The fraction of sp³-hybridized carbons (Fsp3) is 0.120. The quantitative estimate of drug-likeness (QED) is 0.263. The molecule has 3 aromatic carbocycles. The van der Waals surface area contributed by atoms with Crippen molar-refractivity contribution in [3.05, 3.63) is 93.6 Å². The minimum atomic E-state index is -0.609. The maximum Gasteiger partial charge on any atom is 0.232 e. The zero-order valence-corrected chi connectivity index (χ0v) is 18.7. The minimum Gasteiger partial charge on any atom is -0.508 e. The predicted molar refractivity (Wildman–Crippen MR) is 128 cm³/mol. The molecule has 7 heteroatoms. The van der Waals surface area contributed by atoms with Gasteiger partial charge in [0.1, 0.15) is 5.75 Å². The number of carbonyl (C=O) groups is 2. The number of benzene rings is 3. The van der Waals surface area contributed by atoms with Gasteiger partial charge in [-0.2, -0.15) is 0 Å². The van der Waals surface area contributed by atoms with Crippen LogP contribution in [-0.2, 0) is 11.3 Å². The van der Waals surface area contributed by atoms with E-state index in [0.717, 1.165) is 11.1 Å². The molecule has 0 amide bonds. The smallest absolute Gasteiger partial charge is 0.232 e. The molecule has 0 aliphatic rings. The van der Waals surface area contributed by atoms with Gasteiger partial charge in [0, 0.05) is 38.9 Å². The number of nitrogens with one attached hydrogen (secondary N) is 1. The molecule has 4 rings (SSSR count). The SMILES string of the molecule is Cc1c(C(=O)C(=O)CNc2cccc(Cl)c2)c2cc(O)ccc2n1Cc1ccc(Cl)cc1. The molecule has 0 atom stereocenters. The summed E-state index contributed by atoms with van der Waals surface area (Å²) in [5.74, 6) is -1.16. The van der Waals surface area contributed by atoms with Crippen LogP contribution in [0, 0.1) is 6.92 Å². The largest absolute Gasteiger partial charge is 0.508 e. The van der Waals surface area contributed by atoms with Gasteiger partial charge in [-0.1, -0.05) is 41.4 Å². The summed E-state index contributed by atoms with van der Waals surface area (Å²) in [6.07, 6.45) is 0. The summed E-state index contributed by atoms with van der Waals surface area (Å²) < 4.78 is 1.96. The van der Waals surface area contributed by atoms with Crippen molar-refractivity contribution in [2.75, 3.05) is 11.9 Å². The number of halogens is 2. The van der Waals surface area contributed by atoms with Crippen LogP contribution in [0.15, 0.2) is 66.7 Å². The van der Waals surface area contributed by atoms with Crippen molar-refractivity contribution in [1.82, 2.24) is 4.57 Å². The van der Waals surface area contributed by atoms with E-state index in [-0.39, 0.29) is 12.3 Å².